The Labute approximate surface area is 194 Å². The van der Waals surface area contributed by atoms with Crippen LogP contribution in [0.1, 0.15) is 36.7 Å². The van der Waals surface area contributed by atoms with E-state index in [2.05, 4.69) is 57.9 Å². The predicted octanol–water partition coefficient (Wildman–Crippen LogP) is 4.49. The standard InChI is InChI=1S/C21H28N6S.HI/c1-15(2)19-17(13-27(5)25-19)12-26(4)21(22-3)23-11-18-14-28-20(24-18)16-9-7-6-8-10-16;/h6-10,13-15H,11-12H2,1-5H3,(H,22,23);1H. The van der Waals surface area contributed by atoms with Crippen molar-refractivity contribution in [1.82, 2.24) is 25.0 Å². The molecule has 8 heteroatoms. The zero-order valence-corrected chi connectivity index (χ0v) is 20.7. The van der Waals surface area contributed by atoms with E-state index in [0.29, 0.717) is 12.5 Å². The lowest BCUT2D eigenvalue weighted by atomic mass is 10.1. The van der Waals surface area contributed by atoms with Gasteiger partial charge in [-0.15, -0.1) is 35.3 Å². The first-order valence-corrected chi connectivity index (χ1v) is 10.3. The summed E-state index contributed by atoms with van der Waals surface area (Å²) in [5.41, 5.74) is 4.53. The number of aromatic nitrogens is 3. The summed E-state index contributed by atoms with van der Waals surface area (Å²) < 4.78 is 1.88. The molecule has 0 bridgehead atoms. The smallest absolute Gasteiger partial charge is 0.194 e. The fourth-order valence-corrected chi connectivity index (χ4v) is 3.97. The highest BCUT2D eigenvalue weighted by Crippen LogP contribution is 2.23. The molecule has 6 nitrogen and oxygen atoms in total. The molecule has 0 aliphatic rings. The minimum atomic E-state index is 0. The van der Waals surface area contributed by atoms with Crippen LogP contribution >= 0.6 is 35.3 Å². The average molecular weight is 524 g/mol. The second-order valence-corrected chi connectivity index (χ2v) is 7.99. The van der Waals surface area contributed by atoms with E-state index in [0.717, 1.165) is 34.5 Å². The molecule has 1 aromatic carbocycles. The summed E-state index contributed by atoms with van der Waals surface area (Å²) in [6.45, 7) is 5.74. The summed E-state index contributed by atoms with van der Waals surface area (Å²) in [5.74, 6) is 1.24. The van der Waals surface area contributed by atoms with E-state index in [1.165, 1.54) is 5.56 Å². The molecular weight excluding hydrogens is 495 g/mol. The summed E-state index contributed by atoms with van der Waals surface area (Å²) in [5, 5.41) is 11.2. The number of nitrogens with zero attached hydrogens (tertiary/aromatic N) is 5. The number of aliphatic imine (C=N–C) groups is 1. The first-order valence-electron chi connectivity index (χ1n) is 9.42. The third kappa shape index (κ3) is 6.02. The summed E-state index contributed by atoms with van der Waals surface area (Å²) in [7, 11) is 5.82. The van der Waals surface area contributed by atoms with Gasteiger partial charge in [0.15, 0.2) is 5.96 Å². The van der Waals surface area contributed by atoms with Gasteiger partial charge >= 0.3 is 0 Å². The van der Waals surface area contributed by atoms with E-state index in [1.807, 2.05) is 44.0 Å². The van der Waals surface area contributed by atoms with E-state index in [9.17, 15) is 0 Å². The Hall–Kier alpha value is -1.94. The highest BCUT2D eigenvalue weighted by molar-refractivity contribution is 14.0. The lowest BCUT2D eigenvalue weighted by Crippen LogP contribution is -2.38. The molecule has 156 valence electrons. The number of halogens is 1. The Balaban J connectivity index is 0.00000300. The minimum Gasteiger partial charge on any atom is -0.351 e. The fourth-order valence-electron chi connectivity index (χ4n) is 3.15. The summed E-state index contributed by atoms with van der Waals surface area (Å²) in [4.78, 5) is 11.3. The monoisotopic (exact) mass is 524 g/mol. The maximum atomic E-state index is 4.74. The molecule has 0 spiro atoms. The van der Waals surface area contributed by atoms with E-state index >= 15 is 0 Å². The first kappa shape index (κ1) is 23.3. The molecule has 0 amide bonds. The van der Waals surface area contributed by atoms with Crippen molar-refractivity contribution in [3.05, 3.63) is 58.9 Å². The van der Waals surface area contributed by atoms with Crippen molar-refractivity contribution in [2.45, 2.75) is 32.9 Å². The van der Waals surface area contributed by atoms with E-state index < -0.39 is 0 Å². The normalized spacial score (nSPS) is 11.4. The van der Waals surface area contributed by atoms with Crippen LogP contribution in [0.25, 0.3) is 10.6 Å². The Morgan fingerprint density at radius 3 is 2.66 bits per heavy atom. The Morgan fingerprint density at radius 1 is 1.28 bits per heavy atom. The molecular formula is C21H29IN6S. The first-order chi connectivity index (χ1) is 13.5. The lowest BCUT2D eigenvalue weighted by Gasteiger charge is -2.22. The zero-order valence-electron chi connectivity index (χ0n) is 17.6. The van der Waals surface area contributed by atoms with Crippen LogP contribution in [0.3, 0.4) is 0 Å². The Bertz CT molecular complexity index is 932. The van der Waals surface area contributed by atoms with Crippen molar-refractivity contribution in [2.24, 2.45) is 12.0 Å². The second-order valence-electron chi connectivity index (χ2n) is 7.13. The number of hydrogen-bond acceptors (Lipinski definition) is 4. The van der Waals surface area contributed by atoms with E-state index in [-0.39, 0.29) is 24.0 Å². The van der Waals surface area contributed by atoms with Crippen LogP contribution in [0.5, 0.6) is 0 Å². The van der Waals surface area contributed by atoms with Crippen LogP contribution < -0.4 is 5.32 Å². The summed E-state index contributed by atoms with van der Waals surface area (Å²) >= 11 is 1.67. The van der Waals surface area contributed by atoms with Crippen molar-refractivity contribution in [2.75, 3.05) is 14.1 Å². The van der Waals surface area contributed by atoms with E-state index in [1.54, 1.807) is 11.3 Å². The van der Waals surface area contributed by atoms with Crippen molar-refractivity contribution < 1.29 is 0 Å². The average Bonchev–Trinajstić information content (AvgIpc) is 3.29. The molecule has 3 rings (SSSR count). The second kappa shape index (κ2) is 10.7. The van der Waals surface area contributed by atoms with Crippen LogP contribution in [-0.4, -0.2) is 39.7 Å². The van der Waals surface area contributed by atoms with Crippen LogP contribution in [0.15, 0.2) is 46.9 Å². The SMILES string of the molecule is CN=C(NCc1csc(-c2ccccc2)n1)N(C)Cc1cn(C)nc1C(C)C.I. The maximum Gasteiger partial charge on any atom is 0.194 e. The molecule has 0 aliphatic heterocycles. The fraction of sp³-hybridized carbons (Fsp3) is 0.381. The number of hydrogen-bond donors (Lipinski definition) is 1. The molecule has 3 aromatic rings. The van der Waals surface area contributed by atoms with Crippen molar-refractivity contribution in [1.29, 1.82) is 0 Å². The predicted molar refractivity (Wildman–Crippen MR) is 132 cm³/mol. The molecule has 0 aliphatic carbocycles. The number of thiazole rings is 1. The van der Waals surface area contributed by atoms with E-state index in [4.69, 9.17) is 4.98 Å². The highest BCUT2D eigenvalue weighted by Gasteiger charge is 2.15. The van der Waals surface area contributed by atoms with Gasteiger partial charge in [0.2, 0.25) is 0 Å². The van der Waals surface area contributed by atoms with Gasteiger partial charge in [0.1, 0.15) is 5.01 Å². The van der Waals surface area contributed by atoms with Crippen LogP contribution in [-0.2, 0) is 20.1 Å². The molecule has 0 radical (unpaired) electrons. The molecule has 0 saturated heterocycles. The van der Waals surface area contributed by atoms with Crippen LogP contribution in [0.2, 0.25) is 0 Å². The quantitative estimate of drug-likeness (QED) is 0.293. The number of benzene rings is 1. The molecule has 0 saturated carbocycles. The third-order valence-corrected chi connectivity index (χ3v) is 5.41. The number of rotatable bonds is 6. The highest BCUT2D eigenvalue weighted by atomic mass is 127. The van der Waals surface area contributed by atoms with Gasteiger partial charge in [0.05, 0.1) is 17.9 Å². The van der Waals surface area contributed by atoms with Crippen LogP contribution in [0.4, 0.5) is 0 Å². The van der Waals surface area contributed by atoms with Gasteiger partial charge in [0, 0.05) is 50.4 Å². The lowest BCUT2D eigenvalue weighted by molar-refractivity contribution is 0.473. The number of nitrogens with one attached hydrogen (secondary N) is 1. The number of guanidine groups is 1. The van der Waals surface area contributed by atoms with Gasteiger partial charge in [-0.2, -0.15) is 5.10 Å². The van der Waals surface area contributed by atoms with Crippen molar-refractivity contribution >= 4 is 41.3 Å². The van der Waals surface area contributed by atoms with Crippen molar-refractivity contribution in [3.63, 3.8) is 0 Å². The van der Waals surface area contributed by atoms with Gasteiger partial charge in [-0.3, -0.25) is 9.67 Å². The maximum absolute atomic E-state index is 4.74. The molecule has 0 unspecified atom stereocenters. The third-order valence-electron chi connectivity index (χ3n) is 4.47. The molecule has 2 aromatic heterocycles. The number of aryl methyl sites for hydroxylation is 1. The topological polar surface area (TPSA) is 58.3 Å². The molecule has 0 atom stereocenters. The molecule has 1 N–H and O–H groups in total. The van der Waals surface area contributed by atoms with Gasteiger partial charge in [0.25, 0.3) is 0 Å². The van der Waals surface area contributed by atoms with Gasteiger partial charge in [-0.1, -0.05) is 44.2 Å². The Morgan fingerprint density at radius 2 is 2.00 bits per heavy atom. The molecule has 0 fully saturated rings. The largest absolute Gasteiger partial charge is 0.351 e. The van der Waals surface area contributed by atoms with Crippen LogP contribution in [0, 0.1) is 0 Å². The molecule has 29 heavy (non-hydrogen) atoms. The Kier molecular flexibility index (Phi) is 8.63. The zero-order chi connectivity index (χ0) is 20.1. The van der Waals surface area contributed by atoms with Crippen molar-refractivity contribution in [3.8, 4) is 10.6 Å². The van der Waals surface area contributed by atoms with Gasteiger partial charge in [-0.05, 0) is 5.92 Å². The summed E-state index contributed by atoms with van der Waals surface area (Å²) in [6.07, 6.45) is 2.09. The summed E-state index contributed by atoms with van der Waals surface area (Å²) in [6, 6.07) is 10.3. The minimum absolute atomic E-state index is 0. The van der Waals surface area contributed by atoms with Gasteiger partial charge in [-0.25, -0.2) is 4.98 Å². The van der Waals surface area contributed by atoms with Gasteiger partial charge < -0.3 is 10.2 Å². The molecule has 2 heterocycles.